The average Bonchev–Trinajstić information content (AvgIpc) is 2.75. The lowest BCUT2D eigenvalue weighted by atomic mass is 10.3. The van der Waals surface area contributed by atoms with E-state index in [1.165, 1.54) is 0 Å². The summed E-state index contributed by atoms with van der Waals surface area (Å²) in [6, 6.07) is 13.2. The molecule has 0 amide bonds. The maximum Gasteiger partial charge on any atom is 0.210 e. The van der Waals surface area contributed by atoms with Crippen molar-refractivity contribution in [1.29, 1.82) is 0 Å². The molecule has 0 bridgehead atoms. The van der Waals surface area contributed by atoms with Gasteiger partial charge in [0.2, 0.25) is 5.95 Å². The van der Waals surface area contributed by atoms with Crippen molar-refractivity contribution < 1.29 is 0 Å². The van der Waals surface area contributed by atoms with Gasteiger partial charge in [0.25, 0.3) is 0 Å². The molecule has 0 fully saturated rings. The number of para-hydroxylation sites is 2. The van der Waals surface area contributed by atoms with E-state index in [2.05, 4.69) is 12.0 Å². The molecule has 1 radical (unpaired) electrons. The minimum atomic E-state index is 0.569. The van der Waals surface area contributed by atoms with Crippen LogP contribution < -0.4 is 4.90 Å². The van der Waals surface area contributed by atoms with Crippen molar-refractivity contribution >= 4 is 45.9 Å². The normalized spacial score (nSPS) is 11.0. The van der Waals surface area contributed by atoms with Gasteiger partial charge in [0.15, 0.2) is 0 Å². The summed E-state index contributed by atoms with van der Waals surface area (Å²) in [6.07, 6.45) is 0. The van der Waals surface area contributed by atoms with Crippen LogP contribution in [0.1, 0.15) is 0 Å². The van der Waals surface area contributed by atoms with Crippen LogP contribution in [0.2, 0.25) is 10.0 Å². The number of imidazole rings is 1. The van der Waals surface area contributed by atoms with E-state index in [4.69, 9.17) is 23.2 Å². The largest absolute Gasteiger partial charge is 0.313 e. The number of halogens is 2. The predicted molar refractivity (Wildman–Crippen MR) is 84.7 cm³/mol. The molecule has 0 saturated heterocycles. The van der Waals surface area contributed by atoms with Crippen LogP contribution in [0.3, 0.4) is 0 Å². The zero-order valence-electron chi connectivity index (χ0n) is 10.8. The molecule has 0 aliphatic carbocycles. The first-order chi connectivity index (χ1) is 9.56. The molecule has 3 rings (SSSR count). The van der Waals surface area contributed by atoms with Crippen molar-refractivity contribution in [3.63, 3.8) is 0 Å². The minimum Gasteiger partial charge on any atom is -0.313 e. The van der Waals surface area contributed by atoms with Crippen LogP contribution in [0.4, 0.5) is 11.6 Å². The van der Waals surface area contributed by atoms with Gasteiger partial charge in [0.05, 0.1) is 11.0 Å². The monoisotopic (exact) mass is 304 g/mol. The van der Waals surface area contributed by atoms with E-state index in [9.17, 15) is 0 Å². The summed E-state index contributed by atoms with van der Waals surface area (Å²) in [5, 5.41) is 1.14. The van der Waals surface area contributed by atoms with Gasteiger partial charge in [-0.2, -0.15) is 0 Å². The molecule has 0 spiro atoms. The molecule has 2 aromatic carbocycles. The number of anilines is 2. The van der Waals surface area contributed by atoms with E-state index in [0.717, 1.165) is 22.7 Å². The summed E-state index contributed by atoms with van der Waals surface area (Å²) >= 11 is 12.1. The Balaban J connectivity index is 2.12. The predicted octanol–water partition coefficient (Wildman–Crippen LogP) is 4.81. The molecule has 20 heavy (non-hydrogen) atoms. The van der Waals surface area contributed by atoms with Crippen molar-refractivity contribution in [2.45, 2.75) is 0 Å². The summed E-state index contributed by atoms with van der Waals surface area (Å²) in [6.45, 7) is 0. The fraction of sp³-hybridized carbons (Fsp3) is 0.0667. The fourth-order valence-corrected chi connectivity index (χ4v) is 2.70. The molecule has 1 heterocycles. The molecule has 1 aromatic heterocycles. The van der Waals surface area contributed by atoms with Crippen LogP contribution in [0.25, 0.3) is 11.0 Å². The van der Waals surface area contributed by atoms with E-state index >= 15 is 0 Å². The number of rotatable bonds is 2. The van der Waals surface area contributed by atoms with Crippen LogP contribution in [-0.2, 0) is 7.05 Å². The van der Waals surface area contributed by atoms with E-state index < -0.39 is 0 Å². The summed E-state index contributed by atoms with van der Waals surface area (Å²) in [4.78, 5) is 6.31. The van der Waals surface area contributed by atoms with Crippen molar-refractivity contribution in [3.05, 3.63) is 59.6 Å². The van der Waals surface area contributed by atoms with Gasteiger partial charge >= 0.3 is 0 Å². The molecule has 5 heteroatoms. The Morgan fingerprint density at radius 3 is 2.40 bits per heavy atom. The number of hydrogen-bond acceptors (Lipinski definition) is 2. The molecule has 3 aromatic rings. The quantitative estimate of drug-likeness (QED) is 0.677. The van der Waals surface area contributed by atoms with Gasteiger partial charge in [0, 0.05) is 29.8 Å². The average molecular weight is 305 g/mol. The SMILES string of the molecule is [CH2]N(c1cc(Cl)cc(Cl)c1)c1nc2ccccc2n1C. The second kappa shape index (κ2) is 5.00. The summed E-state index contributed by atoms with van der Waals surface area (Å²) < 4.78 is 1.98. The van der Waals surface area contributed by atoms with Crippen molar-refractivity contribution in [1.82, 2.24) is 9.55 Å². The third-order valence-corrected chi connectivity index (χ3v) is 3.60. The topological polar surface area (TPSA) is 21.1 Å². The highest BCUT2D eigenvalue weighted by Gasteiger charge is 2.14. The minimum absolute atomic E-state index is 0.569. The molecule has 0 unspecified atom stereocenters. The molecule has 101 valence electrons. The van der Waals surface area contributed by atoms with Gasteiger partial charge in [-0.25, -0.2) is 4.98 Å². The lowest BCUT2D eigenvalue weighted by Gasteiger charge is -2.18. The highest BCUT2D eigenvalue weighted by atomic mass is 35.5. The van der Waals surface area contributed by atoms with Crippen molar-refractivity contribution in [2.75, 3.05) is 4.90 Å². The van der Waals surface area contributed by atoms with E-state index in [0.29, 0.717) is 10.0 Å². The molecular weight excluding hydrogens is 293 g/mol. The zero-order valence-corrected chi connectivity index (χ0v) is 12.4. The smallest absolute Gasteiger partial charge is 0.210 e. The Morgan fingerprint density at radius 1 is 1.10 bits per heavy atom. The van der Waals surface area contributed by atoms with Gasteiger partial charge in [-0.3, -0.25) is 0 Å². The first-order valence-corrected chi connectivity index (χ1v) is 6.80. The molecule has 3 nitrogen and oxygen atoms in total. The van der Waals surface area contributed by atoms with Crippen molar-refractivity contribution in [3.8, 4) is 0 Å². The third kappa shape index (κ3) is 2.23. The molecule has 0 atom stereocenters. The zero-order chi connectivity index (χ0) is 14.3. The highest BCUT2D eigenvalue weighted by Crippen LogP contribution is 2.31. The Kier molecular flexibility index (Phi) is 3.32. The third-order valence-electron chi connectivity index (χ3n) is 3.16. The standard InChI is InChI=1S/C15H12Cl2N3/c1-19(12-8-10(16)7-11(17)9-12)15-18-13-5-3-4-6-14(13)20(15)2/h3-9H,1H2,2H3. The number of nitrogens with zero attached hydrogens (tertiary/aromatic N) is 3. The van der Waals surface area contributed by atoms with Gasteiger partial charge in [0.1, 0.15) is 0 Å². The number of hydrogen-bond donors (Lipinski definition) is 0. The fourth-order valence-electron chi connectivity index (χ4n) is 2.18. The Morgan fingerprint density at radius 2 is 1.75 bits per heavy atom. The first kappa shape index (κ1) is 13.3. The van der Waals surface area contributed by atoms with Gasteiger partial charge in [-0.1, -0.05) is 35.3 Å². The first-order valence-electron chi connectivity index (χ1n) is 6.04. The van der Waals surface area contributed by atoms with Gasteiger partial charge in [-0.15, -0.1) is 0 Å². The van der Waals surface area contributed by atoms with Crippen molar-refractivity contribution in [2.24, 2.45) is 7.05 Å². The molecule has 0 N–H and O–H groups in total. The Labute approximate surface area is 127 Å². The van der Waals surface area contributed by atoms with Gasteiger partial charge < -0.3 is 9.47 Å². The maximum atomic E-state index is 6.03. The maximum absolute atomic E-state index is 6.03. The van der Waals surface area contributed by atoms with E-state index in [-0.39, 0.29) is 0 Å². The lowest BCUT2D eigenvalue weighted by molar-refractivity contribution is 0.922. The Bertz CT molecular complexity index is 760. The summed E-state index contributed by atoms with van der Waals surface area (Å²) in [7, 11) is 6.00. The number of aryl methyl sites for hydroxylation is 1. The van der Waals surface area contributed by atoms with E-state index in [1.807, 2.05) is 35.9 Å². The van der Waals surface area contributed by atoms with Crippen LogP contribution >= 0.6 is 23.2 Å². The second-order valence-corrected chi connectivity index (χ2v) is 5.39. The summed E-state index contributed by atoms with van der Waals surface area (Å²) in [5.41, 5.74) is 2.76. The van der Waals surface area contributed by atoms with E-state index in [1.54, 1.807) is 23.1 Å². The summed E-state index contributed by atoms with van der Waals surface area (Å²) in [5.74, 6) is 0.726. The highest BCUT2D eigenvalue weighted by molar-refractivity contribution is 6.35. The van der Waals surface area contributed by atoms with Crippen LogP contribution in [-0.4, -0.2) is 9.55 Å². The van der Waals surface area contributed by atoms with Crippen LogP contribution in [0, 0.1) is 7.05 Å². The molecular formula is C15H12Cl2N3. The number of aromatic nitrogens is 2. The Hall–Kier alpha value is -1.71. The number of fused-ring (bicyclic) bond motifs is 1. The molecule has 0 aliphatic rings. The molecule has 0 aliphatic heterocycles. The van der Waals surface area contributed by atoms with Gasteiger partial charge in [-0.05, 0) is 30.3 Å². The number of benzene rings is 2. The second-order valence-electron chi connectivity index (χ2n) is 4.52. The van der Waals surface area contributed by atoms with Crippen LogP contribution in [0.5, 0.6) is 0 Å². The lowest BCUT2D eigenvalue weighted by Crippen LogP contribution is -2.11. The molecule has 0 saturated carbocycles. The van der Waals surface area contributed by atoms with Crippen LogP contribution in [0.15, 0.2) is 42.5 Å².